The van der Waals surface area contributed by atoms with Gasteiger partial charge in [-0.05, 0) is 39.9 Å². The Hall–Kier alpha value is 0. The summed E-state index contributed by atoms with van der Waals surface area (Å²) in [4.78, 5) is 0. The summed E-state index contributed by atoms with van der Waals surface area (Å²) in [5.41, 5.74) is 1.84. The minimum absolute atomic E-state index is 0. The van der Waals surface area contributed by atoms with Gasteiger partial charge in [0, 0.05) is 0 Å². The van der Waals surface area contributed by atoms with Crippen LogP contribution in [-0.4, -0.2) is 0 Å². The van der Waals surface area contributed by atoms with Crippen molar-refractivity contribution in [3.05, 3.63) is 0 Å². The molecular weight excluding hydrogens is 312 g/mol. The standard InChI is InChI=1S/C20H42.6CH4/c1-13-17(5,6)14-19(9,10)20(11,12)15-18(7,8)16(2,3)4;;;;;;/h13-15H2,1-12H3;6*1H4. The fourth-order valence-corrected chi connectivity index (χ4v) is 3.17. The van der Waals surface area contributed by atoms with E-state index < -0.39 is 0 Å². The first-order valence-corrected chi connectivity index (χ1v) is 8.47. The predicted octanol–water partition coefficient (Wildman–Crippen LogP) is 11.1. The van der Waals surface area contributed by atoms with Crippen LogP contribution in [0.5, 0.6) is 0 Å². The van der Waals surface area contributed by atoms with Gasteiger partial charge in [-0.2, -0.15) is 0 Å². The highest BCUT2D eigenvalue weighted by Gasteiger charge is 2.45. The molecule has 0 rings (SSSR count). The Morgan fingerprint density at radius 3 is 0.923 bits per heavy atom. The van der Waals surface area contributed by atoms with Gasteiger partial charge in [-0.1, -0.05) is 134 Å². The van der Waals surface area contributed by atoms with E-state index in [0.717, 1.165) is 0 Å². The molecule has 0 heteroatoms. The number of rotatable bonds is 6. The van der Waals surface area contributed by atoms with Gasteiger partial charge < -0.3 is 0 Å². The topological polar surface area (TPSA) is 0 Å². The van der Waals surface area contributed by atoms with Crippen LogP contribution in [0.1, 0.15) is 147 Å². The molecule has 0 saturated carbocycles. The second-order valence-corrected chi connectivity index (χ2v) is 10.8. The largest absolute Gasteiger partial charge is 0.0776 e. The van der Waals surface area contributed by atoms with Crippen LogP contribution in [0.25, 0.3) is 0 Å². The normalized spacial score (nSPS) is 12.0. The van der Waals surface area contributed by atoms with Gasteiger partial charge in [0.1, 0.15) is 0 Å². The monoisotopic (exact) mass is 379 g/mol. The molecule has 0 amide bonds. The molecule has 0 unspecified atom stereocenters. The van der Waals surface area contributed by atoms with Crippen molar-refractivity contribution in [3.63, 3.8) is 0 Å². The van der Waals surface area contributed by atoms with Crippen molar-refractivity contribution in [2.24, 2.45) is 27.1 Å². The van der Waals surface area contributed by atoms with Gasteiger partial charge in [-0.15, -0.1) is 0 Å². The lowest BCUT2D eigenvalue weighted by Gasteiger charge is -2.52. The molecule has 0 spiro atoms. The van der Waals surface area contributed by atoms with Crippen molar-refractivity contribution in [3.8, 4) is 0 Å². The zero-order valence-corrected chi connectivity index (χ0v) is 16.6. The third-order valence-corrected chi connectivity index (χ3v) is 6.62. The summed E-state index contributed by atoms with van der Waals surface area (Å²) in [7, 11) is 0. The Morgan fingerprint density at radius 1 is 0.423 bits per heavy atom. The average molecular weight is 379 g/mol. The average Bonchev–Trinajstić information content (AvgIpc) is 2.12. The highest BCUT2D eigenvalue weighted by atomic mass is 14.5. The quantitative estimate of drug-likeness (QED) is 0.431. The zero-order chi connectivity index (χ0) is 16.6. The van der Waals surface area contributed by atoms with Crippen molar-refractivity contribution in [2.45, 2.75) is 147 Å². The minimum atomic E-state index is 0. The second kappa shape index (κ2) is 13.2. The molecule has 0 aliphatic carbocycles. The number of hydrogen-bond acceptors (Lipinski definition) is 0. The van der Waals surface area contributed by atoms with E-state index in [9.17, 15) is 0 Å². The smallest absolute Gasteiger partial charge is 0.0297 e. The molecule has 0 aliphatic rings. The molecule has 0 saturated heterocycles. The summed E-state index contributed by atoms with van der Waals surface area (Å²) in [5, 5.41) is 0. The lowest BCUT2D eigenvalue weighted by molar-refractivity contribution is -0.0197. The molecule has 26 heavy (non-hydrogen) atoms. The van der Waals surface area contributed by atoms with E-state index in [-0.39, 0.29) is 44.6 Å². The molecule has 0 aromatic carbocycles. The van der Waals surface area contributed by atoms with E-state index in [1.165, 1.54) is 19.3 Å². The molecule has 0 heterocycles. The lowest BCUT2D eigenvalue weighted by Crippen LogP contribution is -2.42. The molecule has 0 aromatic rings. The summed E-state index contributed by atoms with van der Waals surface area (Å²) in [6.07, 6.45) is 3.83. The maximum absolute atomic E-state index is 2.48. The van der Waals surface area contributed by atoms with Crippen LogP contribution < -0.4 is 0 Å². The molecular formula is C26H66. The highest BCUT2D eigenvalue weighted by molar-refractivity contribution is 4.95. The molecule has 0 nitrogen and oxygen atoms in total. The Balaban J connectivity index is -0.000000120. The van der Waals surface area contributed by atoms with Crippen LogP contribution in [-0.2, 0) is 0 Å². The first kappa shape index (κ1) is 45.0. The van der Waals surface area contributed by atoms with Crippen LogP contribution in [0, 0.1) is 27.1 Å². The van der Waals surface area contributed by atoms with Crippen molar-refractivity contribution < 1.29 is 0 Å². The molecule has 0 aromatic heterocycles. The zero-order valence-electron chi connectivity index (χ0n) is 16.6. The summed E-state index contributed by atoms with van der Waals surface area (Å²) >= 11 is 0. The van der Waals surface area contributed by atoms with E-state index in [1.54, 1.807) is 0 Å². The molecule has 0 radical (unpaired) electrons. The Labute approximate surface area is 174 Å². The fraction of sp³-hybridized carbons (Fsp3) is 1.00. The van der Waals surface area contributed by atoms with E-state index in [0.29, 0.717) is 27.1 Å². The maximum Gasteiger partial charge on any atom is -0.0297 e. The molecule has 170 valence electrons. The van der Waals surface area contributed by atoms with Gasteiger partial charge in [0.05, 0.1) is 0 Å². The SMILES string of the molecule is C.C.C.C.C.C.CCC(C)(C)CC(C)(C)C(C)(C)CC(C)(C)C(C)(C)C. The Kier molecular flexibility index (Phi) is 22.9. The second-order valence-electron chi connectivity index (χ2n) is 10.8. The summed E-state index contributed by atoms with van der Waals surface area (Å²) < 4.78 is 0. The van der Waals surface area contributed by atoms with Gasteiger partial charge in [0.2, 0.25) is 0 Å². The van der Waals surface area contributed by atoms with Gasteiger partial charge >= 0.3 is 0 Å². The first-order valence-electron chi connectivity index (χ1n) is 8.47. The lowest BCUT2D eigenvalue weighted by atomic mass is 9.53. The van der Waals surface area contributed by atoms with Crippen molar-refractivity contribution in [1.82, 2.24) is 0 Å². The van der Waals surface area contributed by atoms with E-state index in [4.69, 9.17) is 0 Å². The predicted molar refractivity (Wildman–Crippen MR) is 134 cm³/mol. The van der Waals surface area contributed by atoms with Gasteiger partial charge in [0.25, 0.3) is 0 Å². The summed E-state index contributed by atoms with van der Waals surface area (Å²) in [6.45, 7) is 29.1. The third kappa shape index (κ3) is 11.7. The highest BCUT2D eigenvalue weighted by Crippen LogP contribution is 2.55. The van der Waals surface area contributed by atoms with Gasteiger partial charge in [-0.25, -0.2) is 0 Å². The minimum Gasteiger partial charge on any atom is -0.0776 e. The third-order valence-electron chi connectivity index (χ3n) is 6.62. The van der Waals surface area contributed by atoms with Crippen LogP contribution in [0.3, 0.4) is 0 Å². The Morgan fingerprint density at radius 2 is 0.692 bits per heavy atom. The molecule has 0 fully saturated rings. The summed E-state index contributed by atoms with van der Waals surface area (Å²) in [5.74, 6) is 0. The van der Waals surface area contributed by atoms with E-state index in [2.05, 4.69) is 83.1 Å². The molecule has 0 bridgehead atoms. The summed E-state index contributed by atoms with van der Waals surface area (Å²) in [6, 6.07) is 0. The van der Waals surface area contributed by atoms with Crippen molar-refractivity contribution in [1.29, 1.82) is 0 Å². The van der Waals surface area contributed by atoms with Crippen LogP contribution in [0.2, 0.25) is 0 Å². The fourth-order valence-electron chi connectivity index (χ4n) is 3.17. The van der Waals surface area contributed by atoms with Crippen LogP contribution >= 0.6 is 0 Å². The van der Waals surface area contributed by atoms with Crippen molar-refractivity contribution >= 4 is 0 Å². The van der Waals surface area contributed by atoms with E-state index in [1.807, 2.05) is 0 Å². The van der Waals surface area contributed by atoms with E-state index >= 15 is 0 Å². The van der Waals surface area contributed by atoms with Crippen molar-refractivity contribution in [2.75, 3.05) is 0 Å². The number of hydrogen-bond donors (Lipinski definition) is 0. The van der Waals surface area contributed by atoms with Gasteiger partial charge in [0.15, 0.2) is 0 Å². The Bertz CT molecular complexity index is 307. The first-order chi connectivity index (χ1) is 8.47. The van der Waals surface area contributed by atoms with Gasteiger partial charge in [-0.3, -0.25) is 0 Å². The van der Waals surface area contributed by atoms with Crippen LogP contribution in [0.4, 0.5) is 0 Å². The van der Waals surface area contributed by atoms with Crippen LogP contribution in [0.15, 0.2) is 0 Å². The molecule has 0 aliphatic heterocycles. The molecule has 0 N–H and O–H groups in total. The molecule has 0 atom stereocenters. The maximum atomic E-state index is 2.48.